The summed E-state index contributed by atoms with van der Waals surface area (Å²) in [5.41, 5.74) is 4.55. The molecule has 0 bridgehead atoms. The van der Waals surface area contributed by atoms with E-state index >= 15 is 0 Å². The molecular formula is C16H22ClN3. The van der Waals surface area contributed by atoms with Gasteiger partial charge in [-0.1, -0.05) is 37.1 Å². The molecule has 0 aliphatic heterocycles. The van der Waals surface area contributed by atoms with Gasteiger partial charge in [-0.3, -0.25) is 4.68 Å². The normalized spacial score (nSPS) is 10.8. The third-order valence-corrected chi connectivity index (χ3v) is 3.98. The highest BCUT2D eigenvalue weighted by Crippen LogP contribution is 2.20. The largest absolute Gasteiger partial charge is 0.381 e. The van der Waals surface area contributed by atoms with E-state index in [4.69, 9.17) is 11.6 Å². The first-order valence-electron chi connectivity index (χ1n) is 7.12. The summed E-state index contributed by atoms with van der Waals surface area (Å²) < 4.78 is 1.71. The summed E-state index contributed by atoms with van der Waals surface area (Å²) in [7, 11) is 1.86. The first-order valence-corrected chi connectivity index (χ1v) is 7.50. The maximum absolute atomic E-state index is 6.22. The molecule has 0 spiro atoms. The predicted octanol–water partition coefficient (Wildman–Crippen LogP) is 4.34. The van der Waals surface area contributed by atoms with Crippen LogP contribution < -0.4 is 5.32 Å². The second kappa shape index (κ2) is 6.80. The second-order valence-electron chi connectivity index (χ2n) is 5.13. The van der Waals surface area contributed by atoms with Crippen LogP contribution in [0, 0.1) is 6.92 Å². The van der Waals surface area contributed by atoms with Crippen LogP contribution in [-0.4, -0.2) is 9.78 Å². The van der Waals surface area contributed by atoms with Crippen molar-refractivity contribution in [3.63, 3.8) is 0 Å². The molecule has 0 atom stereocenters. The Morgan fingerprint density at radius 3 is 2.50 bits per heavy atom. The number of nitrogens with zero attached hydrogens (tertiary/aromatic N) is 2. The summed E-state index contributed by atoms with van der Waals surface area (Å²) in [5.74, 6) is 0. The lowest BCUT2D eigenvalue weighted by atomic mass is 10.1. The van der Waals surface area contributed by atoms with E-state index < -0.39 is 0 Å². The van der Waals surface area contributed by atoms with Crippen LogP contribution in [0.15, 0.2) is 24.3 Å². The molecule has 1 aromatic carbocycles. The minimum Gasteiger partial charge on any atom is -0.381 e. The molecular weight excluding hydrogens is 270 g/mol. The van der Waals surface area contributed by atoms with Crippen molar-refractivity contribution in [1.29, 1.82) is 0 Å². The average Bonchev–Trinajstić information content (AvgIpc) is 2.69. The van der Waals surface area contributed by atoms with Gasteiger partial charge in [-0.15, -0.1) is 0 Å². The Labute approximate surface area is 126 Å². The molecule has 0 saturated carbocycles. The van der Waals surface area contributed by atoms with Crippen molar-refractivity contribution >= 4 is 17.3 Å². The lowest BCUT2D eigenvalue weighted by Crippen LogP contribution is -2.01. The van der Waals surface area contributed by atoms with E-state index in [0.717, 1.165) is 23.4 Å². The third-order valence-electron chi connectivity index (χ3n) is 3.51. The number of aryl methyl sites for hydroxylation is 3. The number of nitrogens with one attached hydrogen (secondary N) is 1. The van der Waals surface area contributed by atoms with Crippen LogP contribution in [0.25, 0.3) is 0 Å². The van der Waals surface area contributed by atoms with E-state index in [1.807, 2.05) is 14.0 Å². The van der Waals surface area contributed by atoms with Gasteiger partial charge in [0.2, 0.25) is 0 Å². The Kier molecular flexibility index (Phi) is 5.07. The molecule has 3 nitrogen and oxygen atoms in total. The first kappa shape index (κ1) is 14.9. The molecule has 0 radical (unpaired) electrons. The third kappa shape index (κ3) is 3.54. The van der Waals surface area contributed by atoms with E-state index in [-0.39, 0.29) is 0 Å². The Balaban J connectivity index is 1.97. The average molecular weight is 292 g/mol. The van der Waals surface area contributed by atoms with Crippen LogP contribution in [0.2, 0.25) is 5.15 Å². The number of unbranched alkanes of at least 4 members (excludes halogenated alkanes) is 1. The second-order valence-corrected chi connectivity index (χ2v) is 5.49. The Hall–Kier alpha value is -1.48. The van der Waals surface area contributed by atoms with Crippen LogP contribution >= 0.6 is 11.6 Å². The van der Waals surface area contributed by atoms with Crippen LogP contribution in [-0.2, 0) is 20.0 Å². The Morgan fingerprint density at radius 2 is 1.95 bits per heavy atom. The number of hydrogen-bond acceptors (Lipinski definition) is 2. The van der Waals surface area contributed by atoms with Gasteiger partial charge >= 0.3 is 0 Å². The zero-order valence-corrected chi connectivity index (χ0v) is 13.2. The summed E-state index contributed by atoms with van der Waals surface area (Å²) in [4.78, 5) is 0. The van der Waals surface area contributed by atoms with Crippen molar-refractivity contribution in [3.05, 3.63) is 46.2 Å². The highest BCUT2D eigenvalue weighted by atomic mass is 35.5. The molecule has 0 amide bonds. The fraction of sp³-hybridized carbons (Fsp3) is 0.438. The number of rotatable bonds is 6. The lowest BCUT2D eigenvalue weighted by molar-refractivity contribution is 0.757. The fourth-order valence-corrected chi connectivity index (χ4v) is 2.48. The van der Waals surface area contributed by atoms with Crippen LogP contribution in [0.1, 0.15) is 36.6 Å². The number of anilines is 1. The van der Waals surface area contributed by atoms with E-state index in [1.54, 1.807) is 4.68 Å². The first-order chi connectivity index (χ1) is 9.61. The molecule has 4 heteroatoms. The van der Waals surface area contributed by atoms with Crippen LogP contribution in [0.4, 0.5) is 5.69 Å². The monoisotopic (exact) mass is 291 g/mol. The number of halogens is 1. The van der Waals surface area contributed by atoms with Gasteiger partial charge in [-0.05, 0) is 37.5 Å². The van der Waals surface area contributed by atoms with Crippen molar-refractivity contribution in [2.24, 2.45) is 7.05 Å². The SMILES string of the molecule is CCCCc1ccc(NCc2c(C)nn(C)c2Cl)cc1. The number of hydrogen-bond donors (Lipinski definition) is 1. The quantitative estimate of drug-likeness (QED) is 0.858. The van der Waals surface area contributed by atoms with Gasteiger partial charge in [0.1, 0.15) is 5.15 Å². The molecule has 108 valence electrons. The van der Waals surface area contributed by atoms with Gasteiger partial charge in [0.05, 0.1) is 5.69 Å². The molecule has 2 aromatic rings. The van der Waals surface area contributed by atoms with Gasteiger partial charge in [0, 0.05) is 24.8 Å². The van der Waals surface area contributed by atoms with Gasteiger partial charge in [-0.2, -0.15) is 5.10 Å². The zero-order chi connectivity index (χ0) is 14.5. The molecule has 1 N–H and O–H groups in total. The van der Waals surface area contributed by atoms with Crippen LogP contribution in [0.3, 0.4) is 0 Å². The molecule has 0 saturated heterocycles. The fourth-order valence-electron chi connectivity index (χ4n) is 2.24. The van der Waals surface area contributed by atoms with Crippen molar-refractivity contribution in [3.8, 4) is 0 Å². The highest BCUT2D eigenvalue weighted by Gasteiger charge is 2.10. The maximum atomic E-state index is 6.22. The molecule has 20 heavy (non-hydrogen) atoms. The lowest BCUT2D eigenvalue weighted by Gasteiger charge is -2.07. The molecule has 1 aromatic heterocycles. The summed E-state index contributed by atoms with van der Waals surface area (Å²) in [6, 6.07) is 8.64. The summed E-state index contributed by atoms with van der Waals surface area (Å²) in [6.07, 6.45) is 3.64. The van der Waals surface area contributed by atoms with Gasteiger partial charge in [0.15, 0.2) is 0 Å². The topological polar surface area (TPSA) is 29.9 Å². The van der Waals surface area contributed by atoms with E-state index in [9.17, 15) is 0 Å². The number of benzene rings is 1. The van der Waals surface area contributed by atoms with E-state index in [0.29, 0.717) is 11.7 Å². The molecule has 0 unspecified atom stereocenters. The molecule has 0 aliphatic rings. The van der Waals surface area contributed by atoms with Gasteiger partial charge in [0.25, 0.3) is 0 Å². The van der Waals surface area contributed by atoms with Crippen molar-refractivity contribution in [2.75, 3.05) is 5.32 Å². The minimum atomic E-state index is 0.701. The summed E-state index contributed by atoms with van der Waals surface area (Å²) >= 11 is 6.22. The maximum Gasteiger partial charge on any atom is 0.131 e. The summed E-state index contributed by atoms with van der Waals surface area (Å²) in [5, 5.41) is 8.42. The van der Waals surface area contributed by atoms with E-state index in [1.165, 1.54) is 18.4 Å². The molecule has 1 heterocycles. The zero-order valence-electron chi connectivity index (χ0n) is 12.4. The van der Waals surface area contributed by atoms with Crippen LogP contribution in [0.5, 0.6) is 0 Å². The summed E-state index contributed by atoms with van der Waals surface area (Å²) in [6.45, 7) is 4.90. The van der Waals surface area contributed by atoms with E-state index in [2.05, 4.69) is 41.6 Å². The van der Waals surface area contributed by atoms with Crippen molar-refractivity contribution in [2.45, 2.75) is 39.7 Å². The van der Waals surface area contributed by atoms with Crippen molar-refractivity contribution < 1.29 is 0 Å². The Bertz CT molecular complexity index is 558. The minimum absolute atomic E-state index is 0.701. The predicted molar refractivity (Wildman–Crippen MR) is 85.3 cm³/mol. The van der Waals surface area contributed by atoms with Gasteiger partial charge < -0.3 is 5.32 Å². The standard InChI is InChI=1S/C16H22ClN3/c1-4-5-6-13-7-9-14(10-8-13)18-11-15-12(2)19-20(3)16(15)17/h7-10,18H,4-6,11H2,1-3H3. The van der Waals surface area contributed by atoms with Gasteiger partial charge in [-0.25, -0.2) is 0 Å². The molecule has 0 fully saturated rings. The van der Waals surface area contributed by atoms with Crippen molar-refractivity contribution in [1.82, 2.24) is 9.78 Å². The highest BCUT2D eigenvalue weighted by molar-refractivity contribution is 6.30. The Morgan fingerprint density at radius 1 is 1.25 bits per heavy atom. The smallest absolute Gasteiger partial charge is 0.131 e. The number of aromatic nitrogens is 2. The molecule has 2 rings (SSSR count). The molecule has 0 aliphatic carbocycles.